The molecule has 0 spiro atoms. The first-order valence-corrected chi connectivity index (χ1v) is 9.56. The summed E-state index contributed by atoms with van der Waals surface area (Å²) < 4.78 is 0. The van der Waals surface area contributed by atoms with Gasteiger partial charge < -0.3 is 5.11 Å². The van der Waals surface area contributed by atoms with Crippen molar-refractivity contribution >= 4 is 22.9 Å². The van der Waals surface area contributed by atoms with Crippen molar-refractivity contribution in [3.05, 3.63) is 94.5 Å². The van der Waals surface area contributed by atoms with Gasteiger partial charge in [0.05, 0.1) is 5.92 Å². The summed E-state index contributed by atoms with van der Waals surface area (Å²) in [5, 5.41) is 11.6. The van der Waals surface area contributed by atoms with E-state index in [4.69, 9.17) is 0 Å². The second-order valence-corrected chi connectivity index (χ2v) is 7.02. The number of benzene rings is 1. The molecule has 0 amide bonds. The highest BCUT2D eigenvalue weighted by Gasteiger charge is 2.18. The monoisotopic (exact) mass is 363 g/mol. The van der Waals surface area contributed by atoms with Gasteiger partial charge in [-0.25, -0.2) is 0 Å². The van der Waals surface area contributed by atoms with Crippen LogP contribution in [0, 0.1) is 0 Å². The zero-order valence-electron chi connectivity index (χ0n) is 14.4. The van der Waals surface area contributed by atoms with Crippen molar-refractivity contribution < 1.29 is 9.90 Å². The largest absolute Gasteiger partial charge is 0.481 e. The molecule has 3 aromatic rings. The lowest BCUT2D eigenvalue weighted by atomic mass is 9.93. The number of hydrogen-bond acceptors (Lipinski definition) is 3. The van der Waals surface area contributed by atoms with E-state index in [1.54, 1.807) is 17.5 Å². The van der Waals surface area contributed by atoms with Crippen molar-refractivity contribution in [1.29, 1.82) is 0 Å². The number of thiophene rings is 1. The number of aromatic nitrogens is 1. The van der Waals surface area contributed by atoms with E-state index in [-0.39, 0.29) is 0 Å². The SMILES string of the molecule is O=C(O)C(CCC/C=C(\c1cccnc1)c1cccs1)c1ccccc1. The van der Waals surface area contributed by atoms with E-state index in [1.165, 1.54) is 10.5 Å². The van der Waals surface area contributed by atoms with Crippen LogP contribution in [0.4, 0.5) is 0 Å². The predicted molar refractivity (Wildman–Crippen MR) is 106 cm³/mol. The van der Waals surface area contributed by atoms with Crippen LogP contribution in [0.3, 0.4) is 0 Å². The molecule has 0 saturated carbocycles. The number of nitrogens with zero attached hydrogens (tertiary/aromatic N) is 1. The van der Waals surface area contributed by atoms with E-state index in [9.17, 15) is 9.90 Å². The van der Waals surface area contributed by atoms with E-state index in [2.05, 4.69) is 28.6 Å². The summed E-state index contributed by atoms with van der Waals surface area (Å²) in [5.74, 6) is -1.21. The summed E-state index contributed by atoms with van der Waals surface area (Å²) in [6, 6.07) is 17.6. The summed E-state index contributed by atoms with van der Waals surface area (Å²) in [5.41, 5.74) is 3.13. The van der Waals surface area contributed by atoms with Crippen molar-refractivity contribution in [2.45, 2.75) is 25.2 Å². The molecule has 1 atom stereocenters. The second kappa shape index (κ2) is 9.11. The van der Waals surface area contributed by atoms with Crippen LogP contribution in [0.1, 0.15) is 41.2 Å². The first-order chi connectivity index (χ1) is 12.8. The molecule has 2 aromatic heterocycles. The maximum absolute atomic E-state index is 11.6. The van der Waals surface area contributed by atoms with Gasteiger partial charge in [-0.2, -0.15) is 0 Å². The van der Waals surface area contributed by atoms with Gasteiger partial charge in [0.15, 0.2) is 0 Å². The summed E-state index contributed by atoms with van der Waals surface area (Å²) in [7, 11) is 0. The number of unbranched alkanes of at least 4 members (excludes halogenated alkanes) is 1. The smallest absolute Gasteiger partial charge is 0.310 e. The fourth-order valence-electron chi connectivity index (χ4n) is 3.00. The maximum atomic E-state index is 11.6. The van der Waals surface area contributed by atoms with Crippen molar-refractivity contribution in [1.82, 2.24) is 4.98 Å². The van der Waals surface area contributed by atoms with Crippen LogP contribution in [0.25, 0.3) is 5.57 Å². The zero-order chi connectivity index (χ0) is 18.2. The Morgan fingerprint density at radius 1 is 1.12 bits per heavy atom. The molecule has 0 aliphatic heterocycles. The van der Waals surface area contributed by atoms with Gasteiger partial charge in [0.2, 0.25) is 0 Å². The molecule has 1 aromatic carbocycles. The summed E-state index contributed by atoms with van der Waals surface area (Å²) in [6.45, 7) is 0. The lowest BCUT2D eigenvalue weighted by Crippen LogP contribution is -2.11. The van der Waals surface area contributed by atoms with Gasteiger partial charge in [0, 0.05) is 22.8 Å². The molecule has 1 unspecified atom stereocenters. The lowest BCUT2D eigenvalue weighted by Gasteiger charge is -2.12. The van der Waals surface area contributed by atoms with Crippen LogP contribution in [0.2, 0.25) is 0 Å². The molecule has 132 valence electrons. The standard InChI is InChI=1S/C22H21NO2S/c24-22(25)20(17-8-2-1-3-9-17)12-5-4-11-19(21-13-7-15-26-21)18-10-6-14-23-16-18/h1-3,6-11,13-16,20H,4-5,12H2,(H,24,25)/b19-11+. The minimum Gasteiger partial charge on any atom is -0.481 e. The number of hydrogen-bond donors (Lipinski definition) is 1. The Bertz CT molecular complexity index is 842. The average molecular weight is 363 g/mol. The van der Waals surface area contributed by atoms with Crippen molar-refractivity contribution in [2.24, 2.45) is 0 Å². The van der Waals surface area contributed by atoms with Gasteiger partial charge in [0.1, 0.15) is 0 Å². The highest BCUT2D eigenvalue weighted by molar-refractivity contribution is 7.11. The fraction of sp³-hybridized carbons (Fsp3) is 0.182. The normalized spacial score (nSPS) is 12.7. The Kier molecular flexibility index (Phi) is 6.34. The van der Waals surface area contributed by atoms with E-state index in [0.29, 0.717) is 6.42 Å². The highest BCUT2D eigenvalue weighted by atomic mass is 32.1. The van der Waals surface area contributed by atoms with Gasteiger partial charge in [-0.15, -0.1) is 11.3 Å². The van der Waals surface area contributed by atoms with Gasteiger partial charge in [0.25, 0.3) is 0 Å². The Labute approximate surface area is 157 Å². The maximum Gasteiger partial charge on any atom is 0.310 e. The number of carboxylic acids is 1. The molecule has 0 saturated heterocycles. The first kappa shape index (κ1) is 18.1. The molecule has 1 N–H and O–H groups in total. The van der Waals surface area contributed by atoms with Crippen LogP contribution < -0.4 is 0 Å². The Hall–Kier alpha value is -2.72. The topological polar surface area (TPSA) is 50.2 Å². The first-order valence-electron chi connectivity index (χ1n) is 8.68. The van der Waals surface area contributed by atoms with E-state index in [1.807, 2.05) is 48.7 Å². The van der Waals surface area contributed by atoms with Crippen molar-refractivity contribution in [3.8, 4) is 0 Å². The third-order valence-electron chi connectivity index (χ3n) is 4.30. The molecule has 0 aliphatic rings. The number of carboxylic acid groups (broad SMARTS) is 1. The van der Waals surface area contributed by atoms with Crippen LogP contribution in [0.15, 0.2) is 78.4 Å². The summed E-state index contributed by atoms with van der Waals surface area (Å²) in [6.07, 6.45) is 8.12. The zero-order valence-corrected chi connectivity index (χ0v) is 15.2. The third-order valence-corrected chi connectivity index (χ3v) is 5.21. The molecular formula is C22H21NO2S. The molecule has 0 radical (unpaired) electrons. The number of carbonyl (C=O) groups is 1. The number of aliphatic carboxylic acids is 1. The minimum atomic E-state index is -0.758. The quantitative estimate of drug-likeness (QED) is 0.529. The van der Waals surface area contributed by atoms with Crippen LogP contribution in [-0.2, 0) is 4.79 Å². The van der Waals surface area contributed by atoms with Crippen LogP contribution in [-0.4, -0.2) is 16.1 Å². The molecule has 0 aliphatic carbocycles. The number of allylic oxidation sites excluding steroid dienone is 1. The number of pyridine rings is 1. The Morgan fingerprint density at radius 3 is 2.62 bits per heavy atom. The van der Waals surface area contributed by atoms with E-state index in [0.717, 1.165) is 24.0 Å². The van der Waals surface area contributed by atoms with Gasteiger partial charge >= 0.3 is 5.97 Å². The van der Waals surface area contributed by atoms with Gasteiger partial charge in [-0.3, -0.25) is 9.78 Å². The summed E-state index contributed by atoms with van der Waals surface area (Å²) in [4.78, 5) is 17.0. The van der Waals surface area contributed by atoms with Crippen molar-refractivity contribution in [2.75, 3.05) is 0 Å². The minimum absolute atomic E-state index is 0.451. The molecule has 0 fully saturated rings. The highest BCUT2D eigenvalue weighted by Crippen LogP contribution is 2.28. The molecule has 4 heteroatoms. The summed E-state index contributed by atoms with van der Waals surface area (Å²) >= 11 is 1.70. The number of rotatable bonds is 8. The van der Waals surface area contributed by atoms with Gasteiger partial charge in [-0.05, 0) is 47.9 Å². The predicted octanol–water partition coefficient (Wildman–Crippen LogP) is 5.61. The molecule has 2 heterocycles. The molecule has 26 heavy (non-hydrogen) atoms. The Morgan fingerprint density at radius 2 is 1.96 bits per heavy atom. The second-order valence-electron chi connectivity index (χ2n) is 6.07. The molecule has 3 nitrogen and oxygen atoms in total. The van der Waals surface area contributed by atoms with E-state index < -0.39 is 11.9 Å². The van der Waals surface area contributed by atoms with E-state index >= 15 is 0 Å². The molecule has 0 bridgehead atoms. The van der Waals surface area contributed by atoms with Gasteiger partial charge in [-0.1, -0.05) is 48.5 Å². The Balaban J connectivity index is 1.70. The van der Waals surface area contributed by atoms with Crippen LogP contribution >= 0.6 is 11.3 Å². The lowest BCUT2D eigenvalue weighted by molar-refractivity contribution is -0.139. The third kappa shape index (κ3) is 4.67. The molecule has 3 rings (SSSR count). The average Bonchev–Trinajstić information content (AvgIpc) is 3.20. The van der Waals surface area contributed by atoms with Crippen LogP contribution in [0.5, 0.6) is 0 Å². The molecular weight excluding hydrogens is 342 g/mol. The fourth-order valence-corrected chi connectivity index (χ4v) is 3.79. The van der Waals surface area contributed by atoms with Crippen molar-refractivity contribution in [3.63, 3.8) is 0 Å².